The second-order valence-corrected chi connectivity index (χ2v) is 5.73. The highest BCUT2D eigenvalue weighted by molar-refractivity contribution is 5.90. The van der Waals surface area contributed by atoms with Crippen LogP contribution in [0.4, 0.5) is 4.79 Å². The number of rotatable bonds is 4. The standard InChI is InChI=1S/C13H21NO4/c1-6-12(7-2)8-13(12,9(15)16)14-10(17)18-11(3,4)5/h6H,1,7-8H2,2-5H3,(H,14,17)(H,15,16)/t12-,13-/m0/s1. The molecule has 18 heavy (non-hydrogen) atoms. The molecule has 0 saturated heterocycles. The van der Waals surface area contributed by atoms with Crippen LogP contribution in [0.25, 0.3) is 0 Å². The molecule has 0 radical (unpaired) electrons. The van der Waals surface area contributed by atoms with Crippen molar-refractivity contribution < 1.29 is 19.4 Å². The van der Waals surface area contributed by atoms with E-state index in [1.807, 2.05) is 6.92 Å². The second kappa shape index (κ2) is 4.30. The number of carboxylic acids is 1. The fraction of sp³-hybridized carbons (Fsp3) is 0.692. The third-order valence-electron chi connectivity index (χ3n) is 3.41. The van der Waals surface area contributed by atoms with E-state index >= 15 is 0 Å². The number of carbonyl (C=O) groups excluding carboxylic acids is 1. The molecular formula is C13H21NO4. The Morgan fingerprint density at radius 3 is 2.33 bits per heavy atom. The Morgan fingerprint density at radius 2 is 2.06 bits per heavy atom. The maximum absolute atomic E-state index is 11.7. The fourth-order valence-corrected chi connectivity index (χ4v) is 2.24. The Hall–Kier alpha value is -1.52. The molecule has 0 unspecified atom stereocenters. The van der Waals surface area contributed by atoms with Crippen molar-refractivity contribution in [3.05, 3.63) is 12.7 Å². The fourth-order valence-electron chi connectivity index (χ4n) is 2.24. The number of ether oxygens (including phenoxy) is 1. The molecular weight excluding hydrogens is 234 g/mol. The zero-order chi connectivity index (χ0) is 14.2. The minimum absolute atomic E-state index is 0.356. The average molecular weight is 255 g/mol. The molecule has 1 saturated carbocycles. The van der Waals surface area contributed by atoms with Crippen LogP contribution in [0.3, 0.4) is 0 Å². The van der Waals surface area contributed by atoms with Gasteiger partial charge in [0.15, 0.2) is 5.54 Å². The highest BCUT2D eigenvalue weighted by Gasteiger charge is 2.71. The molecule has 0 aromatic rings. The van der Waals surface area contributed by atoms with Gasteiger partial charge in [-0.05, 0) is 33.6 Å². The highest BCUT2D eigenvalue weighted by Crippen LogP contribution is 2.59. The lowest BCUT2D eigenvalue weighted by molar-refractivity contribution is -0.141. The lowest BCUT2D eigenvalue weighted by atomic mass is 9.96. The van der Waals surface area contributed by atoms with Gasteiger partial charge in [-0.25, -0.2) is 9.59 Å². The maximum Gasteiger partial charge on any atom is 0.408 e. The van der Waals surface area contributed by atoms with Crippen molar-refractivity contribution in [1.29, 1.82) is 0 Å². The van der Waals surface area contributed by atoms with Crippen LogP contribution in [-0.2, 0) is 9.53 Å². The number of nitrogens with one attached hydrogen (secondary N) is 1. The first-order valence-corrected chi connectivity index (χ1v) is 6.00. The largest absolute Gasteiger partial charge is 0.479 e. The third kappa shape index (κ3) is 2.35. The van der Waals surface area contributed by atoms with Crippen molar-refractivity contribution in [2.75, 3.05) is 0 Å². The van der Waals surface area contributed by atoms with Crippen molar-refractivity contribution in [1.82, 2.24) is 5.32 Å². The van der Waals surface area contributed by atoms with E-state index < -0.39 is 28.6 Å². The quantitative estimate of drug-likeness (QED) is 0.756. The van der Waals surface area contributed by atoms with E-state index in [-0.39, 0.29) is 0 Å². The van der Waals surface area contributed by atoms with Gasteiger partial charge in [-0.2, -0.15) is 0 Å². The van der Waals surface area contributed by atoms with Crippen molar-refractivity contribution in [3.63, 3.8) is 0 Å². The Balaban J connectivity index is 2.83. The molecule has 1 aliphatic carbocycles. The summed E-state index contributed by atoms with van der Waals surface area (Å²) in [5, 5.41) is 11.8. The molecule has 1 fully saturated rings. The summed E-state index contributed by atoms with van der Waals surface area (Å²) in [4.78, 5) is 23.1. The van der Waals surface area contributed by atoms with Crippen LogP contribution < -0.4 is 5.32 Å². The van der Waals surface area contributed by atoms with Crippen LogP contribution in [0, 0.1) is 5.41 Å². The molecule has 1 amide bonds. The Kier molecular flexibility index (Phi) is 3.47. The number of amides is 1. The van der Waals surface area contributed by atoms with E-state index in [0.717, 1.165) is 0 Å². The number of alkyl carbamates (subject to hydrolysis) is 1. The average Bonchev–Trinajstić information content (AvgIpc) is 2.85. The predicted molar refractivity (Wildman–Crippen MR) is 67.3 cm³/mol. The second-order valence-electron chi connectivity index (χ2n) is 5.73. The van der Waals surface area contributed by atoms with Crippen LogP contribution in [0.2, 0.25) is 0 Å². The van der Waals surface area contributed by atoms with Gasteiger partial charge in [0.2, 0.25) is 0 Å². The lowest BCUT2D eigenvalue weighted by Gasteiger charge is -2.24. The highest BCUT2D eigenvalue weighted by atomic mass is 16.6. The van der Waals surface area contributed by atoms with Gasteiger partial charge in [0.1, 0.15) is 5.60 Å². The minimum atomic E-state index is -1.27. The first kappa shape index (κ1) is 14.5. The summed E-state index contributed by atoms with van der Waals surface area (Å²) >= 11 is 0. The van der Waals surface area contributed by atoms with Gasteiger partial charge in [0.25, 0.3) is 0 Å². The molecule has 0 aliphatic heterocycles. The van der Waals surface area contributed by atoms with Crippen LogP contribution in [0.5, 0.6) is 0 Å². The topological polar surface area (TPSA) is 75.6 Å². The Labute approximate surface area is 107 Å². The molecule has 102 valence electrons. The monoisotopic (exact) mass is 255 g/mol. The zero-order valence-electron chi connectivity index (χ0n) is 11.4. The van der Waals surface area contributed by atoms with Gasteiger partial charge >= 0.3 is 12.1 Å². The van der Waals surface area contributed by atoms with E-state index in [4.69, 9.17) is 4.74 Å². The van der Waals surface area contributed by atoms with Crippen molar-refractivity contribution in [2.24, 2.45) is 5.41 Å². The van der Waals surface area contributed by atoms with Gasteiger partial charge in [0.05, 0.1) is 0 Å². The minimum Gasteiger partial charge on any atom is -0.479 e. The van der Waals surface area contributed by atoms with Gasteiger partial charge in [-0.1, -0.05) is 13.0 Å². The van der Waals surface area contributed by atoms with E-state index in [9.17, 15) is 14.7 Å². The Morgan fingerprint density at radius 1 is 1.50 bits per heavy atom. The molecule has 0 bridgehead atoms. The SMILES string of the molecule is C=C[C@]1(CC)C[C@]1(NC(=O)OC(C)(C)C)C(=O)O. The first-order valence-electron chi connectivity index (χ1n) is 6.00. The van der Waals surface area contributed by atoms with Gasteiger partial charge in [-0.3, -0.25) is 0 Å². The number of hydrogen-bond acceptors (Lipinski definition) is 3. The smallest absolute Gasteiger partial charge is 0.408 e. The molecule has 0 heterocycles. The van der Waals surface area contributed by atoms with E-state index in [0.29, 0.717) is 12.8 Å². The van der Waals surface area contributed by atoms with E-state index in [2.05, 4.69) is 11.9 Å². The van der Waals surface area contributed by atoms with Crippen molar-refractivity contribution in [2.45, 2.75) is 51.7 Å². The van der Waals surface area contributed by atoms with Crippen LogP contribution in [-0.4, -0.2) is 28.3 Å². The van der Waals surface area contributed by atoms with Crippen LogP contribution in [0.15, 0.2) is 12.7 Å². The zero-order valence-corrected chi connectivity index (χ0v) is 11.4. The summed E-state index contributed by atoms with van der Waals surface area (Å²) in [6.45, 7) is 10.7. The molecule has 5 heteroatoms. The van der Waals surface area contributed by atoms with E-state index in [1.165, 1.54) is 0 Å². The van der Waals surface area contributed by atoms with Crippen LogP contribution in [0.1, 0.15) is 40.5 Å². The number of carbonyl (C=O) groups is 2. The van der Waals surface area contributed by atoms with Gasteiger partial charge in [0, 0.05) is 5.41 Å². The summed E-state index contributed by atoms with van der Waals surface area (Å²) in [5.74, 6) is -1.05. The number of aliphatic carboxylic acids is 1. The summed E-state index contributed by atoms with van der Waals surface area (Å²) in [6, 6.07) is 0. The summed E-state index contributed by atoms with van der Waals surface area (Å²) in [5.41, 5.74) is -2.50. The van der Waals surface area contributed by atoms with Crippen molar-refractivity contribution in [3.8, 4) is 0 Å². The molecule has 1 rings (SSSR count). The maximum atomic E-state index is 11.7. The molecule has 0 aromatic heterocycles. The van der Waals surface area contributed by atoms with Gasteiger partial charge < -0.3 is 15.2 Å². The summed E-state index contributed by atoms with van der Waals surface area (Å²) in [6.07, 6.45) is 1.87. The van der Waals surface area contributed by atoms with E-state index in [1.54, 1.807) is 26.8 Å². The predicted octanol–water partition coefficient (Wildman–Crippen LogP) is 2.32. The molecule has 0 spiro atoms. The Bertz CT molecular complexity index is 385. The first-order chi connectivity index (χ1) is 8.12. The summed E-state index contributed by atoms with van der Waals surface area (Å²) < 4.78 is 5.10. The molecule has 1 aliphatic rings. The molecule has 2 atom stereocenters. The molecule has 2 N–H and O–H groups in total. The van der Waals surface area contributed by atoms with Crippen molar-refractivity contribution >= 4 is 12.1 Å². The molecule has 0 aromatic carbocycles. The summed E-state index contributed by atoms with van der Waals surface area (Å²) in [7, 11) is 0. The lowest BCUT2D eigenvalue weighted by Crippen LogP contribution is -2.49. The number of hydrogen-bond donors (Lipinski definition) is 2. The third-order valence-corrected chi connectivity index (χ3v) is 3.41. The normalized spacial score (nSPS) is 30.4. The molecule has 5 nitrogen and oxygen atoms in total. The van der Waals surface area contributed by atoms with Crippen LogP contribution >= 0.6 is 0 Å². The number of carboxylic acid groups (broad SMARTS) is 1. The van der Waals surface area contributed by atoms with Gasteiger partial charge in [-0.15, -0.1) is 6.58 Å².